The summed E-state index contributed by atoms with van der Waals surface area (Å²) in [5, 5.41) is 2.21. The van der Waals surface area contributed by atoms with Gasteiger partial charge in [-0.25, -0.2) is 4.98 Å². The molecule has 0 fully saturated rings. The summed E-state index contributed by atoms with van der Waals surface area (Å²) in [4.78, 5) is 6.07. The van der Waals surface area contributed by atoms with E-state index >= 15 is 0 Å². The second-order valence-electron chi connectivity index (χ2n) is 3.17. The summed E-state index contributed by atoms with van der Waals surface area (Å²) in [6, 6.07) is 1.76. The molecular formula is C10H13ClN2OS. The Kier molecular flexibility index (Phi) is 4.78. The predicted molar refractivity (Wildman–Crippen MR) is 67.3 cm³/mol. The molecule has 0 N–H and O–H groups in total. The van der Waals surface area contributed by atoms with E-state index in [4.69, 9.17) is 28.6 Å². The van der Waals surface area contributed by atoms with E-state index in [1.807, 2.05) is 19.0 Å². The molecule has 0 amide bonds. The van der Waals surface area contributed by atoms with E-state index in [1.54, 1.807) is 17.6 Å². The molecule has 0 spiro atoms. The highest BCUT2D eigenvalue weighted by Crippen LogP contribution is 2.27. The lowest BCUT2D eigenvalue weighted by atomic mass is 10.4. The van der Waals surface area contributed by atoms with Crippen molar-refractivity contribution in [3.63, 3.8) is 0 Å². The topological polar surface area (TPSA) is 25.4 Å². The average molecular weight is 245 g/mol. The van der Waals surface area contributed by atoms with Crippen molar-refractivity contribution in [3.05, 3.63) is 17.3 Å². The van der Waals surface area contributed by atoms with E-state index in [9.17, 15) is 0 Å². The van der Waals surface area contributed by atoms with Crippen LogP contribution in [0.2, 0.25) is 5.02 Å². The molecule has 1 rings (SSSR count). The van der Waals surface area contributed by atoms with Gasteiger partial charge in [0.05, 0.1) is 11.6 Å². The van der Waals surface area contributed by atoms with Gasteiger partial charge in [0, 0.05) is 32.8 Å². The van der Waals surface area contributed by atoms with Gasteiger partial charge >= 0.3 is 0 Å². The molecule has 0 aliphatic heterocycles. The molecule has 1 heterocycles. The molecule has 1 aromatic rings. The number of aromatic nitrogens is 1. The quantitative estimate of drug-likeness (QED) is 0.587. The predicted octanol–water partition coefficient (Wildman–Crippen LogP) is 2.57. The van der Waals surface area contributed by atoms with Crippen molar-refractivity contribution in [1.29, 1.82) is 0 Å². The van der Waals surface area contributed by atoms with Crippen LogP contribution in [0.1, 0.15) is 6.42 Å². The lowest BCUT2D eigenvalue weighted by Gasteiger charge is -2.16. The fourth-order valence-corrected chi connectivity index (χ4v) is 1.32. The summed E-state index contributed by atoms with van der Waals surface area (Å²) in [5.74, 6) is 1.45. The maximum atomic E-state index is 5.84. The SMILES string of the molecule is CN(C)c1ncc(Cl)cc1OCCC=S. The molecule has 0 saturated heterocycles. The van der Waals surface area contributed by atoms with Crippen molar-refractivity contribution in [1.82, 2.24) is 4.98 Å². The molecule has 0 aliphatic carbocycles. The zero-order chi connectivity index (χ0) is 11.3. The molecule has 0 bridgehead atoms. The Bertz CT molecular complexity index is 344. The molecule has 0 aromatic carbocycles. The van der Waals surface area contributed by atoms with Crippen molar-refractivity contribution < 1.29 is 4.74 Å². The van der Waals surface area contributed by atoms with Gasteiger partial charge in [-0.3, -0.25) is 0 Å². The Morgan fingerprint density at radius 3 is 2.93 bits per heavy atom. The summed E-state index contributed by atoms with van der Waals surface area (Å²) in [6.07, 6.45) is 2.33. The Hall–Kier alpha value is -0.870. The van der Waals surface area contributed by atoms with Crippen LogP contribution in [-0.4, -0.2) is 31.1 Å². The van der Waals surface area contributed by atoms with Crippen LogP contribution in [-0.2, 0) is 0 Å². The van der Waals surface area contributed by atoms with Crippen LogP contribution in [0.3, 0.4) is 0 Å². The molecule has 3 nitrogen and oxygen atoms in total. The first-order chi connectivity index (χ1) is 7.15. The maximum Gasteiger partial charge on any atom is 0.170 e. The van der Waals surface area contributed by atoms with Crippen LogP contribution in [0.4, 0.5) is 5.82 Å². The van der Waals surface area contributed by atoms with E-state index in [-0.39, 0.29) is 0 Å². The number of rotatable bonds is 5. The number of hydrogen-bond donors (Lipinski definition) is 0. The highest BCUT2D eigenvalue weighted by molar-refractivity contribution is 7.78. The summed E-state index contributed by atoms with van der Waals surface area (Å²) >= 11 is 10.6. The Morgan fingerprint density at radius 2 is 2.33 bits per heavy atom. The van der Waals surface area contributed by atoms with Crippen LogP contribution < -0.4 is 9.64 Å². The number of hydrogen-bond acceptors (Lipinski definition) is 4. The number of halogens is 1. The van der Waals surface area contributed by atoms with Crippen LogP contribution in [0.25, 0.3) is 0 Å². The zero-order valence-electron chi connectivity index (χ0n) is 8.74. The number of ether oxygens (including phenoxy) is 1. The smallest absolute Gasteiger partial charge is 0.170 e. The van der Waals surface area contributed by atoms with Crippen molar-refractivity contribution >= 4 is 35.0 Å². The van der Waals surface area contributed by atoms with Gasteiger partial charge in [-0.1, -0.05) is 23.8 Å². The van der Waals surface area contributed by atoms with Crippen LogP contribution in [0.15, 0.2) is 12.3 Å². The lowest BCUT2D eigenvalue weighted by Crippen LogP contribution is -2.13. The average Bonchev–Trinajstić information content (AvgIpc) is 2.18. The van der Waals surface area contributed by atoms with Crippen molar-refractivity contribution in [2.75, 3.05) is 25.6 Å². The van der Waals surface area contributed by atoms with E-state index in [2.05, 4.69) is 4.98 Å². The van der Waals surface area contributed by atoms with Gasteiger partial charge in [-0.15, -0.1) is 0 Å². The Balaban J connectivity index is 2.82. The molecule has 15 heavy (non-hydrogen) atoms. The molecular weight excluding hydrogens is 232 g/mol. The minimum atomic E-state index is 0.548. The highest BCUT2D eigenvalue weighted by atomic mass is 35.5. The van der Waals surface area contributed by atoms with Crippen LogP contribution in [0.5, 0.6) is 5.75 Å². The van der Waals surface area contributed by atoms with Crippen LogP contribution >= 0.6 is 23.8 Å². The van der Waals surface area contributed by atoms with Gasteiger partial charge < -0.3 is 9.64 Å². The number of nitrogens with zero attached hydrogens (tertiary/aromatic N) is 2. The standard InChI is InChI=1S/C10H13ClN2OS/c1-13(2)10-9(14-4-3-5-15)6-8(11)7-12-10/h5-7H,3-4H2,1-2H3. The molecule has 0 radical (unpaired) electrons. The molecule has 0 saturated carbocycles. The van der Waals surface area contributed by atoms with Crippen molar-refractivity contribution in [3.8, 4) is 5.75 Å². The molecule has 82 valence electrons. The van der Waals surface area contributed by atoms with Gasteiger partial charge in [0.15, 0.2) is 11.6 Å². The fourth-order valence-electron chi connectivity index (χ4n) is 1.07. The van der Waals surface area contributed by atoms with E-state index in [1.165, 1.54) is 0 Å². The summed E-state index contributed by atoms with van der Waals surface area (Å²) in [6.45, 7) is 0.548. The first kappa shape index (κ1) is 12.2. The van der Waals surface area contributed by atoms with Crippen molar-refractivity contribution in [2.24, 2.45) is 0 Å². The zero-order valence-corrected chi connectivity index (χ0v) is 10.3. The largest absolute Gasteiger partial charge is 0.489 e. The highest BCUT2D eigenvalue weighted by Gasteiger charge is 2.07. The number of pyridine rings is 1. The Morgan fingerprint density at radius 1 is 1.60 bits per heavy atom. The third-order valence-electron chi connectivity index (χ3n) is 1.72. The van der Waals surface area contributed by atoms with Gasteiger partial charge in [0.2, 0.25) is 0 Å². The summed E-state index contributed by atoms with van der Waals surface area (Å²) in [7, 11) is 3.81. The number of anilines is 1. The monoisotopic (exact) mass is 244 g/mol. The molecule has 0 aliphatic rings. The van der Waals surface area contributed by atoms with E-state index in [0.717, 1.165) is 12.2 Å². The van der Waals surface area contributed by atoms with Gasteiger partial charge in [-0.2, -0.15) is 0 Å². The lowest BCUT2D eigenvalue weighted by molar-refractivity contribution is 0.330. The molecule has 0 atom stereocenters. The summed E-state index contributed by atoms with van der Waals surface area (Å²) in [5.41, 5.74) is 0. The van der Waals surface area contributed by atoms with Crippen LogP contribution in [0, 0.1) is 0 Å². The third kappa shape index (κ3) is 3.64. The second kappa shape index (κ2) is 5.88. The molecule has 1 aromatic heterocycles. The van der Waals surface area contributed by atoms with E-state index < -0.39 is 0 Å². The fraction of sp³-hybridized carbons (Fsp3) is 0.400. The minimum absolute atomic E-state index is 0.548. The Labute approximate surface area is 100 Å². The second-order valence-corrected chi connectivity index (χ2v) is 3.94. The van der Waals surface area contributed by atoms with Gasteiger partial charge in [0.1, 0.15) is 0 Å². The first-order valence-electron chi connectivity index (χ1n) is 4.54. The molecule has 5 heteroatoms. The normalized spacial score (nSPS) is 9.80. The maximum absolute atomic E-state index is 5.84. The molecule has 0 unspecified atom stereocenters. The third-order valence-corrected chi connectivity index (χ3v) is 2.16. The number of thiocarbonyl (C=S) groups is 1. The van der Waals surface area contributed by atoms with Gasteiger partial charge in [-0.05, 0) is 5.37 Å². The van der Waals surface area contributed by atoms with Gasteiger partial charge in [0.25, 0.3) is 0 Å². The van der Waals surface area contributed by atoms with Crippen molar-refractivity contribution in [2.45, 2.75) is 6.42 Å². The van der Waals surface area contributed by atoms with E-state index in [0.29, 0.717) is 17.4 Å². The first-order valence-corrected chi connectivity index (χ1v) is 5.39. The minimum Gasteiger partial charge on any atom is -0.489 e. The summed E-state index contributed by atoms with van der Waals surface area (Å²) < 4.78 is 5.53.